The number of hydrogen-bond donors (Lipinski definition) is 2. The molecule has 0 bridgehead atoms. The SMILES string of the molecule is CC(C)C1(CNC(=O)N2CCSCC2C(=O)O)CC1. The number of nitrogens with one attached hydrogen (secondary N) is 1. The molecule has 2 rings (SSSR count). The van der Waals surface area contributed by atoms with Gasteiger partial charge in [-0.05, 0) is 24.2 Å². The molecule has 19 heavy (non-hydrogen) atoms. The van der Waals surface area contributed by atoms with Crippen LogP contribution in [-0.4, -0.2) is 52.6 Å². The highest BCUT2D eigenvalue weighted by Crippen LogP contribution is 2.51. The number of carboxylic acids is 1. The summed E-state index contributed by atoms with van der Waals surface area (Å²) >= 11 is 1.59. The Balaban J connectivity index is 1.89. The molecule has 2 aliphatic rings. The fraction of sp³-hybridized carbons (Fsp3) is 0.846. The highest BCUT2D eigenvalue weighted by molar-refractivity contribution is 7.99. The van der Waals surface area contributed by atoms with Gasteiger partial charge >= 0.3 is 12.0 Å². The zero-order valence-electron chi connectivity index (χ0n) is 11.5. The lowest BCUT2D eigenvalue weighted by molar-refractivity contribution is -0.141. The third-order valence-corrected chi connectivity index (χ3v) is 5.41. The van der Waals surface area contributed by atoms with E-state index in [2.05, 4.69) is 19.2 Å². The average Bonchev–Trinajstić information content (AvgIpc) is 3.17. The number of aliphatic carboxylic acids is 1. The largest absolute Gasteiger partial charge is 0.480 e. The summed E-state index contributed by atoms with van der Waals surface area (Å²) in [5, 5.41) is 12.1. The Labute approximate surface area is 118 Å². The van der Waals surface area contributed by atoms with Gasteiger partial charge in [-0.25, -0.2) is 9.59 Å². The summed E-state index contributed by atoms with van der Waals surface area (Å²) in [5.41, 5.74) is 0.249. The fourth-order valence-electron chi connectivity index (χ4n) is 2.52. The Bertz CT molecular complexity index is 369. The third-order valence-electron chi connectivity index (χ3n) is 4.38. The molecule has 1 atom stereocenters. The maximum atomic E-state index is 12.2. The molecule has 1 saturated carbocycles. The van der Waals surface area contributed by atoms with E-state index in [-0.39, 0.29) is 11.4 Å². The predicted molar refractivity (Wildman–Crippen MR) is 75.4 cm³/mol. The molecule has 2 N–H and O–H groups in total. The number of amides is 2. The minimum atomic E-state index is -0.910. The van der Waals surface area contributed by atoms with Crippen molar-refractivity contribution in [2.75, 3.05) is 24.6 Å². The maximum Gasteiger partial charge on any atom is 0.327 e. The van der Waals surface area contributed by atoms with Gasteiger partial charge < -0.3 is 15.3 Å². The second-order valence-electron chi connectivity index (χ2n) is 5.80. The molecule has 1 aliphatic heterocycles. The number of carboxylic acid groups (broad SMARTS) is 1. The van der Waals surface area contributed by atoms with Crippen molar-refractivity contribution < 1.29 is 14.7 Å². The molecule has 1 aliphatic carbocycles. The zero-order chi connectivity index (χ0) is 14.0. The summed E-state index contributed by atoms with van der Waals surface area (Å²) in [6.07, 6.45) is 2.31. The molecule has 2 fully saturated rings. The highest BCUT2D eigenvalue weighted by atomic mass is 32.2. The molecule has 0 spiro atoms. The van der Waals surface area contributed by atoms with E-state index in [0.29, 0.717) is 24.8 Å². The molecule has 0 aromatic heterocycles. The van der Waals surface area contributed by atoms with Gasteiger partial charge in [-0.1, -0.05) is 13.8 Å². The molecule has 0 aromatic carbocycles. The van der Waals surface area contributed by atoms with Crippen LogP contribution in [0.3, 0.4) is 0 Å². The van der Waals surface area contributed by atoms with Gasteiger partial charge in [0.05, 0.1) is 0 Å². The van der Waals surface area contributed by atoms with E-state index in [1.54, 1.807) is 11.8 Å². The van der Waals surface area contributed by atoms with Crippen LogP contribution in [0.5, 0.6) is 0 Å². The normalized spacial score (nSPS) is 25.2. The summed E-state index contributed by atoms with van der Waals surface area (Å²) in [6.45, 7) is 5.54. The molecule has 1 saturated heterocycles. The number of nitrogens with zero attached hydrogens (tertiary/aromatic N) is 1. The van der Waals surface area contributed by atoms with Gasteiger partial charge in [0.15, 0.2) is 0 Å². The number of carbonyl (C=O) groups excluding carboxylic acids is 1. The lowest BCUT2D eigenvalue weighted by atomic mass is 9.92. The van der Waals surface area contributed by atoms with Crippen molar-refractivity contribution in [1.82, 2.24) is 10.2 Å². The summed E-state index contributed by atoms with van der Waals surface area (Å²) in [6, 6.07) is -0.910. The van der Waals surface area contributed by atoms with Crippen LogP contribution in [0.4, 0.5) is 4.79 Å². The topological polar surface area (TPSA) is 69.6 Å². The molecule has 0 aromatic rings. The van der Waals surface area contributed by atoms with E-state index in [1.165, 1.54) is 4.90 Å². The Kier molecular flexibility index (Phi) is 4.28. The minimum Gasteiger partial charge on any atom is -0.480 e. The van der Waals surface area contributed by atoms with Crippen LogP contribution in [0.25, 0.3) is 0 Å². The van der Waals surface area contributed by atoms with Gasteiger partial charge in [-0.3, -0.25) is 0 Å². The van der Waals surface area contributed by atoms with Gasteiger partial charge in [0.25, 0.3) is 0 Å². The first-order valence-corrected chi connectivity index (χ1v) is 7.97. The monoisotopic (exact) mass is 286 g/mol. The molecule has 1 unspecified atom stereocenters. The zero-order valence-corrected chi connectivity index (χ0v) is 12.3. The van der Waals surface area contributed by atoms with Crippen LogP contribution >= 0.6 is 11.8 Å². The molecular weight excluding hydrogens is 264 g/mol. The van der Waals surface area contributed by atoms with E-state index in [0.717, 1.165) is 18.6 Å². The summed E-state index contributed by atoms with van der Waals surface area (Å²) in [4.78, 5) is 24.8. The van der Waals surface area contributed by atoms with E-state index in [9.17, 15) is 9.59 Å². The van der Waals surface area contributed by atoms with Gasteiger partial charge in [0, 0.05) is 24.6 Å². The number of thioether (sulfide) groups is 1. The van der Waals surface area contributed by atoms with E-state index in [1.807, 2.05) is 0 Å². The molecule has 5 nitrogen and oxygen atoms in total. The molecule has 108 valence electrons. The Hall–Kier alpha value is -0.910. The number of rotatable bonds is 4. The van der Waals surface area contributed by atoms with Crippen molar-refractivity contribution >= 4 is 23.8 Å². The lowest BCUT2D eigenvalue weighted by Crippen LogP contribution is -2.54. The smallest absolute Gasteiger partial charge is 0.327 e. The maximum absolute atomic E-state index is 12.2. The van der Waals surface area contributed by atoms with Gasteiger partial charge in [-0.2, -0.15) is 11.8 Å². The van der Waals surface area contributed by atoms with Crippen LogP contribution in [0, 0.1) is 11.3 Å². The van der Waals surface area contributed by atoms with Crippen LogP contribution in [-0.2, 0) is 4.79 Å². The second-order valence-corrected chi connectivity index (χ2v) is 6.95. The highest BCUT2D eigenvalue weighted by Gasteiger charge is 2.45. The summed E-state index contributed by atoms with van der Waals surface area (Å²) < 4.78 is 0. The second kappa shape index (κ2) is 5.61. The molecule has 2 amide bonds. The fourth-order valence-corrected chi connectivity index (χ4v) is 3.56. The first kappa shape index (κ1) is 14.5. The Morgan fingerprint density at radius 2 is 2.16 bits per heavy atom. The minimum absolute atomic E-state index is 0.223. The van der Waals surface area contributed by atoms with Crippen molar-refractivity contribution in [2.24, 2.45) is 11.3 Å². The van der Waals surface area contributed by atoms with Gasteiger partial charge in [-0.15, -0.1) is 0 Å². The van der Waals surface area contributed by atoms with Crippen molar-refractivity contribution in [1.29, 1.82) is 0 Å². The van der Waals surface area contributed by atoms with Crippen molar-refractivity contribution in [3.8, 4) is 0 Å². The molecular formula is C13H22N2O3S. The summed E-state index contributed by atoms with van der Waals surface area (Å²) in [5.74, 6) is 0.942. The lowest BCUT2D eigenvalue weighted by Gasteiger charge is -2.33. The van der Waals surface area contributed by atoms with Crippen molar-refractivity contribution in [2.45, 2.75) is 32.7 Å². The average molecular weight is 286 g/mol. The van der Waals surface area contributed by atoms with Crippen LogP contribution in [0.15, 0.2) is 0 Å². The van der Waals surface area contributed by atoms with Gasteiger partial charge in [0.1, 0.15) is 6.04 Å². The standard InChI is InChI=1S/C13H22N2O3S/c1-9(2)13(3-4-13)8-14-12(18)15-5-6-19-7-10(15)11(16)17/h9-10H,3-8H2,1-2H3,(H,14,18)(H,16,17). The Morgan fingerprint density at radius 1 is 1.47 bits per heavy atom. The van der Waals surface area contributed by atoms with Crippen molar-refractivity contribution in [3.63, 3.8) is 0 Å². The van der Waals surface area contributed by atoms with E-state index in [4.69, 9.17) is 5.11 Å². The molecule has 0 radical (unpaired) electrons. The van der Waals surface area contributed by atoms with Crippen LogP contribution < -0.4 is 5.32 Å². The Morgan fingerprint density at radius 3 is 2.68 bits per heavy atom. The quantitative estimate of drug-likeness (QED) is 0.824. The summed E-state index contributed by atoms with van der Waals surface area (Å²) in [7, 11) is 0. The van der Waals surface area contributed by atoms with Crippen LogP contribution in [0.2, 0.25) is 0 Å². The van der Waals surface area contributed by atoms with E-state index < -0.39 is 12.0 Å². The van der Waals surface area contributed by atoms with E-state index >= 15 is 0 Å². The predicted octanol–water partition coefficient (Wildman–Crippen LogP) is 1.63. The third kappa shape index (κ3) is 3.16. The van der Waals surface area contributed by atoms with Crippen molar-refractivity contribution in [3.05, 3.63) is 0 Å². The first-order chi connectivity index (χ1) is 8.96. The number of urea groups is 1. The number of carbonyl (C=O) groups is 2. The molecule has 6 heteroatoms. The first-order valence-electron chi connectivity index (χ1n) is 6.81. The number of hydrogen-bond acceptors (Lipinski definition) is 3. The van der Waals surface area contributed by atoms with Gasteiger partial charge in [0.2, 0.25) is 0 Å². The molecule has 1 heterocycles. The van der Waals surface area contributed by atoms with Crippen LogP contribution in [0.1, 0.15) is 26.7 Å².